The number of carbonyl (C=O) groups is 2. The summed E-state index contributed by atoms with van der Waals surface area (Å²) in [5.41, 5.74) is 0. The van der Waals surface area contributed by atoms with Gasteiger partial charge >= 0.3 is 0 Å². The maximum absolute atomic E-state index is 11.2. The van der Waals surface area contributed by atoms with E-state index in [9.17, 15) is 9.59 Å². The molecule has 0 saturated carbocycles. The van der Waals surface area contributed by atoms with Gasteiger partial charge in [-0.05, 0) is 12.8 Å². The Hall–Kier alpha value is -0.860. The van der Waals surface area contributed by atoms with Crippen molar-refractivity contribution in [3.63, 3.8) is 0 Å². The summed E-state index contributed by atoms with van der Waals surface area (Å²) >= 11 is 0. The molecule has 1 rings (SSSR count). The summed E-state index contributed by atoms with van der Waals surface area (Å²) in [5.74, 6) is -0.00750. The van der Waals surface area contributed by atoms with Crippen molar-refractivity contribution >= 4 is 12.3 Å². The number of rotatable bonds is 1. The van der Waals surface area contributed by atoms with E-state index in [2.05, 4.69) is 0 Å². The second-order valence-corrected chi connectivity index (χ2v) is 3.21. The van der Waals surface area contributed by atoms with Gasteiger partial charge in [0.25, 0.3) is 0 Å². The van der Waals surface area contributed by atoms with E-state index < -0.39 is 0 Å². The molecule has 1 saturated heterocycles. The van der Waals surface area contributed by atoms with Crippen LogP contribution in [0, 0.1) is 0 Å². The van der Waals surface area contributed by atoms with E-state index in [0.717, 1.165) is 25.7 Å². The van der Waals surface area contributed by atoms with Crippen LogP contribution in [0.15, 0.2) is 0 Å². The number of nitrogens with zero attached hydrogens (tertiary/aromatic N) is 1. The molecule has 12 heavy (non-hydrogen) atoms. The maximum atomic E-state index is 11.2. The van der Waals surface area contributed by atoms with Crippen molar-refractivity contribution in [1.82, 2.24) is 4.90 Å². The third kappa shape index (κ3) is 2.64. The van der Waals surface area contributed by atoms with Crippen LogP contribution in [-0.4, -0.2) is 23.8 Å². The average Bonchev–Trinajstić information content (AvgIpc) is 2.17. The smallest absolute Gasteiger partial charge is 0.228 e. The zero-order valence-electron chi connectivity index (χ0n) is 7.29. The highest BCUT2D eigenvalue weighted by Gasteiger charge is 2.12. The van der Waals surface area contributed by atoms with Crippen LogP contribution in [0.25, 0.3) is 0 Å². The van der Waals surface area contributed by atoms with Crippen molar-refractivity contribution < 1.29 is 9.59 Å². The van der Waals surface area contributed by atoms with Gasteiger partial charge in [0.2, 0.25) is 12.3 Å². The molecule has 0 aromatic carbocycles. The number of hydrogen-bond donors (Lipinski definition) is 0. The van der Waals surface area contributed by atoms with Gasteiger partial charge in [0.1, 0.15) is 0 Å². The first kappa shape index (κ1) is 9.23. The molecule has 0 atom stereocenters. The fourth-order valence-electron chi connectivity index (χ4n) is 1.47. The second kappa shape index (κ2) is 4.91. The summed E-state index contributed by atoms with van der Waals surface area (Å²) in [5, 5.41) is 0. The highest BCUT2D eigenvalue weighted by Crippen LogP contribution is 2.10. The third-order valence-corrected chi connectivity index (χ3v) is 2.24. The van der Waals surface area contributed by atoms with E-state index in [1.165, 1.54) is 11.3 Å². The molecule has 0 aromatic rings. The highest BCUT2D eigenvalue weighted by molar-refractivity contribution is 5.85. The Morgan fingerprint density at radius 3 is 2.50 bits per heavy atom. The molecule has 3 nitrogen and oxygen atoms in total. The van der Waals surface area contributed by atoms with Crippen molar-refractivity contribution in [2.75, 3.05) is 6.54 Å². The lowest BCUT2D eigenvalue weighted by atomic mass is 10.1. The van der Waals surface area contributed by atoms with Crippen molar-refractivity contribution in [1.29, 1.82) is 0 Å². The van der Waals surface area contributed by atoms with Gasteiger partial charge in [0.15, 0.2) is 0 Å². The van der Waals surface area contributed by atoms with Crippen molar-refractivity contribution in [3.05, 3.63) is 0 Å². The van der Waals surface area contributed by atoms with E-state index in [1.54, 1.807) is 0 Å². The summed E-state index contributed by atoms with van der Waals surface area (Å²) in [6.07, 6.45) is 6.55. The molecule has 1 heterocycles. The zero-order chi connectivity index (χ0) is 8.81. The Morgan fingerprint density at radius 2 is 1.75 bits per heavy atom. The van der Waals surface area contributed by atoms with Crippen LogP contribution in [0.2, 0.25) is 0 Å². The quantitative estimate of drug-likeness (QED) is 0.555. The first-order valence-electron chi connectivity index (χ1n) is 4.59. The largest absolute Gasteiger partial charge is 0.285 e. The topological polar surface area (TPSA) is 37.4 Å². The predicted octanol–water partition coefficient (Wildman–Crippen LogP) is 1.33. The molecule has 1 aliphatic rings. The Labute approximate surface area is 72.7 Å². The Morgan fingerprint density at radius 1 is 1.08 bits per heavy atom. The van der Waals surface area contributed by atoms with Crippen LogP contribution in [0.5, 0.6) is 0 Å². The van der Waals surface area contributed by atoms with Crippen LogP contribution >= 0.6 is 0 Å². The molecule has 0 N–H and O–H groups in total. The molecule has 0 spiro atoms. The number of imide groups is 1. The van der Waals surface area contributed by atoms with Crippen LogP contribution in [-0.2, 0) is 9.59 Å². The zero-order valence-corrected chi connectivity index (χ0v) is 7.29. The molecule has 2 amide bonds. The van der Waals surface area contributed by atoms with Gasteiger partial charge in [-0.3, -0.25) is 14.5 Å². The van der Waals surface area contributed by atoms with E-state index in [4.69, 9.17) is 0 Å². The van der Waals surface area contributed by atoms with E-state index in [0.29, 0.717) is 19.4 Å². The minimum absolute atomic E-state index is 0.00750. The summed E-state index contributed by atoms with van der Waals surface area (Å²) in [6.45, 7) is 0.613. The van der Waals surface area contributed by atoms with Crippen molar-refractivity contribution in [2.24, 2.45) is 0 Å². The minimum atomic E-state index is -0.00750. The first-order valence-corrected chi connectivity index (χ1v) is 4.59. The molecule has 0 unspecified atom stereocenters. The fourth-order valence-corrected chi connectivity index (χ4v) is 1.47. The van der Waals surface area contributed by atoms with Gasteiger partial charge in [0, 0.05) is 13.0 Å². The molecule has 0 radical (unpaired) electrons. The van der Waals surface area contributed by atoms with Gasteiger partial charge in [0.05, 0.1) is 0 Å². The molecule has 0 bridgehead atoms. The lowest BCUT2D eigenvalue weighted by Crippen LogP contribution is -2.29. The molecule has 3 heteroatoms. The molecule has 1 aliphatic heterocycles. The van der Waals surface area contributed by atoms with E-state index in [1.807, 2.05) is 0 Å². The lowest BCUT2D eigenvalue weighted by molar-refractivity contribution is -0.138. The Kier molecular flexibility index (Phi) is 3.77. The third-order valence-electron chi connectivity index (χ3n) is 2.24. The average molecular weight is 169 g/mol. The van der Waals surface area contributed by atoms with Gasteiger partial charge in [-0.25, -0.2) is 0 Å². The van der Waals surface area contributed by atoms with Gasteiger partial charge < -0.3 is 0 Å². The Balaban J connectivity index is 2.46. The normalized spacial score (nSPS) is 21.0. The summed E-state index contributed by atoms with van der Waals surface area (Å²) in [7, 11) is 0. The summed E-state index contributed by atoms with van der Waals surface area (Å²) in [6, 6.07) is 0. The van der Waals surface area contributed by atoms with E-state index >= 15 is 0 Å². The Bertz CT molecular complexity index is 168. The number of amides is 2. The first-order chi connectivity index (χ1) is 5.84. The monoisotopic (exact) mass is 169 g/mol. The van der Waals surface area contributed by atoms with Gasteiger partial charge in [-0.1, -0.05) is 19.3 Å². The van der Waals surface area contributed by atoms with Crippen LogP contribution in [0.4, 0.5) is 0 Å². The van der Waals surface area contributed by atoms with Crippen LogP contribution in [0.3, 0.4) is 0 Å². The number of carbonyl (C=O) groups excluding carboxylic acids is 2. The lowest BCUT2D eigenvalue weighted by Gasteiger charge is -2.12. The van der Waals surface area contributed by atoms with Crippen LogP contribution < -0.4 is 0 Å². The maximum Gasteiger partial charge on any atom is 0.228 e. The molecule has 0 aromatic heterocycles. The SMILES string of the molecule is O=CN1CCCCCCCC1=O. The molecular weight excluding hydrogens is 154 g/mol. The van der Waals surface area contributed by atoms with Gasteiger partial charge in [-0.15, -0.1) is 0 Å². The number of hydrogen-bond acceptors (Lipinski definition) is 2. The summed E-state index contributed by atoms with van der Waals surface area (Å²) in [4.78, 5) is 23.0. The van der Waals surface area contributed by atoms with Crippen LogP contribution in [0.1, 0.15) is 38.5 Å². The molecule has 68 valence electrons. The standard InChI is InChI=1S/C9H15NO2/c11-8-10-7-5-3-1-2-4-6-9(10)12/h8H,1-7H2. The van der Waals surface area contributed by atoms with Gasteiger partial charge in [-0.2, -0.15) is 0 Å². The second-order valence-electron chi connectivity index (χ2n) is 3.21. The summed E-state index contributed by atoms with van der Waals surface area (Å²) < 4.78 is 0. The predicted molar refractivity (Wildman–Crippen MR) is 45.5 cm³/mol. The fraction of sp³-hybridized carbons (Fsp3) is 0.778. The van der Waals surface area contributed by atoms with E-state index in [-0.39, 0.29) is 5.91 Å². The molecule has 1 fully saturated rings. The molecule has 0 aliphatic carbocycles. The van der Waals surface area contributed by atoms with Crippen molar-refractivity contribution in [2.45, 2.75) is 38.5 Å². The van der Waals surface area contributed by atoms with Crippen molar-refractivity contribution in [3.8, 4) is 0 Å². The minimum Gasteiger partial charge on any atom is -0.285 e. The molecular formula is C9H15NO2. The highest BCUT2D eigenvalue weighted by atomic mass is 16.2.